The average molecular weight is 484 g/mol. The smallest absolute Gasteiger partial charge is 0.480 e. The number of carboxylic acids is 1. The lowest BCUT2D eigenvalue weighted by atomic mass is 10.0. The van der Waals surface area contributed by atoms with Crippen molar-refractivity contribution in [1.29, 1.82) is 0 Å². The molecule has 2 aromatic rings. The van der Waals surface area contributed by atoms with E-state index in [9.17, 15) is 32.7 Å². The number of thiophene rings is 1. The summed E-state index contributed by atoms with van der Waals surface area (Å²) in [7, 11) is 0. The second-order valence-electron chi connectivity index (χ2n) is 7.61. The average Bonchev–Trinajstić information content (AvgIpc) is 3.39. The van der Waals surface area contributed by atoms with Crippen molar-refractivity contribution in [3.63, 3.8) is 0 Å². The Hall–Kier alpha value is -2.92. The van der Waals surface area contributed by atoms with Crippen LogP contribution in [0.1, 0.15) is 47.5 Å². The van der Waals surface area contributed by atoms with Crippen molar-refractivity contribution < 1.29 is 37.4 Å². The van der Waals surface area contributed by atoms with Gasteiger partial charge in [-0.15, -0.1) is 24.5 Å². The summed E-state index contributed by atoms with van der Waals surface area (Å²) in [6.07, 6.45) is -3.09. The van der Waals surface area contributed by atoms with Crippen molar-refractivity contribution in [3.05, 3.63) is 46.3 Å². The number of ether oxygens (including phenoxy) is 1. The highest BCUT2D eigenvalue weighted by Crippen LogP contribution is 2.32. The molecule has 0 aliphatic carbocycles. The molecule has 7 nitrogen and oxygen atoms in total. The molecule has 2 atom stereocenters. The fourth-order valence-corrected chi connectivity index (χ4v) is 4.72. The number of halogens is 3. The third-order valence-corrected chi connectivity index (χ3v) is 6.61. The van der Waals surface area contributed by atoms with Gasteiger partial charge in [0.1, 0.15) is 16.8 Å². The molecule has 1 saturated heterocycles. The zero-order valence-electron chi connectivity index (χ0n) is 17.9. The number of carbonyl (C=O) groups is 3. The number of aliphatic carboxylic acids is 1. The summed E-state index contributed by atoms with van der Waals surface area (Å²) in [5.74, 6) is -2.32. The van der Waals surface area contributed by atoms with Crippen LogP contribution in [0.5, 0.6) is 5.75 Å². The number of carbonyl (C=O) groups excluding carboxylic acids is 2. The Balaban J connectivity index is 1.79. The van der Waals surface area contributed by atoms with Crippen molar-refractivity contribution >= 4 is 34.0 Å². The lowest BCUT2D eigenvalue weighted by molar-refractivity contribution is -0.274. The maximum atomic E-state index is 13.0. The van der Waals surface area contributed by atoms with Crippen LogP contribution in [0.3, 0.4) is 0 Å². The summed E-state index contributed by atoms with van der Waals surface area (Å²) >= 11 is 1.23. The van der Waals surface area contributed by atoms with Gasteiger partial charge in [-0.2, -0.15) is 0 Å². The van der Waals surface area contributed by atoms with Crippen molar-refractivity contribution in [1.82, 2.24) is 4.90 Å². The minimum atomic E-state index is -4.84. The minimum absolute atomic E-state index is 0.138. The predicted molar refractivity (Wildman–Crippen MR) is 116 cm³/mol. The van der Waals surface area contributed by atoms with Crippen LogP contribution in [0, 0.1) is 0 Å². The molecule has 178 valence electrons. The molecule has 1 aromatic heterocycles. The van der Waals surface area contributed by atoms with Crippen LogP contribution in [-0.4, -0.2) is 52.7 Å². The molecule has 1 fully saturated rings. The van der Waals surface area contributed by atoms with Gasteiger partial charge in [0.25, 0.3) is 0 Å². The number of carboxylic acid groups (broad SMARTS) is 1. The third-order valence-electron chi connectivity index (χ3n) is 5.42. The molecule has 33 heavy (non-hydrogen) atoms. The first kappa shape index (κ1) is 24.7. The number of likely N-dealkylation sites (tertiary alicyclic amines) is 1. The fourth-order valence-electron chi connectivity index (χ4n) is 3.73. The zero-order chi connectivity index (χ0) is 24.3. The normalized spacial score (nSPS) is 17.5. The summed E-state index contributed by atoms with van der Waals surface area (Å²) in [5.41, 5.74) is 0.358. The number of alkyl halides is 3. The van der Waals surface area contributed by atoms with Gasteiger partial charge in [0.15, 0.2) is 5.78 Å². The lowest BCUT2D eigenvalue weighted by Crippen LogP contribution is -2.47. The highest BCUT2D eigenvalue weighted by Gasteiger charge is 2.37. The van der Waals surface area contributed by atoms with Gasteiger partial charge >= 0.3 is 12.3 Å². The molecule has 3 rings (SSSR count). The van der Waals surface area contributed by atoms with Crippen molar-refractivity contribution in [2.45, 2.75) is 51.6 Å². The monoisotopic (exact) mass is 484 g/mol. The predicted octanol–water partition coefficient (Wildman–Crippen LogP) is 4.32. The maximum Gasteiger partial charge on any atom is 0.573 e. The van der Waals surface area contributed by atoms with Gasteiger partial charge in [-0.3, -0.25) is 19.3 Å². The van der Waals surface area contributed by atoms with E-state index in [0.29, 0.717) is 30.8 Å². The number of anilines is 1. The maximum absolute atomic E-state index is 13.0. The van der Waals surface area contributed by atoms with E-state index in [1.54, 1.807) is 17.9 Å². The van der Waals surface area contributed by atoms with Gasteiger partial charge in [0.05, 0.1) is 11.6 Å². The summed E-state index contributed by atoms with van der Waals surface area (Å²) in [4.78, 5) is 39.8. The molecule has 11 heteroatoms. The van der Waals surface area contributed by atoms with Crippen LogP contribution in [-0.2, 0) is 16.0 Å². The Labute approximate surface area is 192 Å². The molecule has 1 amide bonds. The van der Waals surface area contributed by atoms with Crippen molar-refractivity contribution in [3.8, 4) is 5.75 Å². The van der Waals surface area contributed by atoms with Crippen LogP contribution in [0.15, 0.2) is 30.3 Å². The van der Waals surface area contributed by atoms with Gasteiger partial charge in [-0.25, -0.2) is 0 Å². The Kier molecular flexibility index (Phi) is 7.43. The summed E-state index contributed by atoms with van der Waals surface area (Å²) in [6.45, 7) is 3.99. The molecule has 0 spiro atoms. The van der Waals surface area contributed by atoms with E-state index in [0.717, 1.165) is 17.0 Å². The molecular formula is C22H23F3N2O5S. The van der Waals surface area contributed by atoms with E-state index >= 15 is 0 Å². The number of hydrogen-bond donors (Lipinski definition) is 2. The fraction of sp³-hybridized carbons (Fsp3) is 0.409. The summed E-state index contributed by atoms with van der Waals surface area (Å²) in [5, 5.41) is 12.4. The molecular weight excluding hydrogens is 461 g/mol. The molecule has 1 aromatic carbocycles. The van der Waals surface area contributed by atoms with Crippen LogP contribution in [0.4, 0.5) is 18.2 Å². The van der Waals surface area contributed by atoms with E-state index < -0.39 is 41.9 Å². The quantitative estimate of drug-likeness (QED) is 0.542. The number of aryl methyl sites for hydroxylation is 1. The lowest BCUT2D eigenvalue weighted by Gasteiger charge is -2.27. The highest BCUT2D eigenvalue weighted by atomic mass is 32.1. The molecule has 2 N–H and O–H groups in total. The standard InChI is InChI=1S/C22H23F3N2O5S/c1-3-15-11-16(18(28)13-6-8-14(9-7-13)32-22(23,24)25)20(33-15)26-19(29)12(2)27-10-4-5-17(27)21(30)31/h6-9,11-12,17H,3-5,10H2,1-2H3,(H,26,29)(H,30,31)/t12?,17-/m1/s1. The summed E-state index contributed by atoms with van der Waals surface area (Å²) in [6, 6.07) is 4.73. The SMILES string of the molecule is CCc1cc(C(=O)c2ccc(OC(F)(F)F)cc2)c(NC(=O)C(C)N2CCC[C@@H]2C(=O)O)s1. The first-order valence-electron chi connectivity index (χ1n) is 10.3. The zero-order valence-corrected chi connectivity index (χ0v) is 18.8. The second-order valence-corrected chi connectivity index (χ2v) is 8.75. The van der Waals surface area contributed by atoms with Gasteiger partial charge in [-0.1, -0.05) is 6.92 Å². The largest absolute Gasteiger partial charge is 0.573 e. The molecule has 1 aliphatic heterocycles. The number of nitrogens with zero attached hydrogens (tertiary/aromatic N) is 1. The second kappa shape index (κ2) is 9.92. The number of nitrogens with one attached hydrogen (secondary N) is 1. The summed E-state index contributed by atoms with van der Waals surface area (Å²) < 4.78 is 40.9. The molecule has 1 unspecified atom stereocenters. The minimum Gasteiger partial charge on any atom is -0.480 e. The van der Waals surface area contributed by atoms with E-state index in [1.165, 1.54) is 23.5 Å². The number of amides is 1. The Morgan fingerprint density at radius 3 is 2.52 bits per heavy atom. The molecule has 0 bridgehead atoms. The van der Waals surface area contributed by atoms with Crippen LogP contribution < -0.4 is 10.1 Å². The van der Waals surface area contributed by atoms with Crippen LogP contribution in [0.25, 0.3) is 0 Å². The molecule has 2 heterocycles. The van der Waals surface area contributed by atoms with Gasteiger partial charge in [0, 0.05) is 10.4 Å². The van der Waals surface area contributed by atoms with Crippen LogP contribution >= 0.6 is 11.3 Å². The van der Waals surface area contributed by atoms with Crippen molar-refractivity contribution in [2.75, 3.05) is 11.9 Å². The van der Waals surface area contributed by atoms with E-state index in [1.807, 2.05) is 6.92 Å². The molecule has 1 aliphatic rings. The van der Waals surface area contributed by atoms with Crippen molar-refractivity contribution in [2.24, 2.45) is 0 Å². The number of ketones is 1. The molecule has 0 radical (unpaired) electrons. The van der Waals surface area contributed by atoms with E-state index in [4.69, 9.17) is 0 Å². The highest BCUT2D eigenvalue weighted by molar-refractivity contribution is 7.16. The Morgan fingerprint density at radius 1 is 1.27 bits per heavy atom. The number of rotatable bonds is 8. The number of hydrogen-bond acceptors (Lipinski definition) is 6. The molecule has 0 saturated carbocycles. The Morgan fingerprint density at radius 2 is 1.94 bits per heavy atom. The van der Waals surface area contributed by atoms with Gasteiger partial charge in [0.2, 0.25) is 5.91 Å². The number of benzene rings is 1. The Bertz CT molecular complexity index is 1040. The first-order valence-corrected chi connectivity index (χ1v) is 11.1. The van der Waals surface area contributed by atoms with E-state index in [2.05, 4.69) is 10.1 Å². The van der Waals surface area contributed by atoms with E-state index in [-0.39, 0.29) is 11.1 Å². The van der Waals surface area contributed by atoms with Gasteiger partial charge in [-0.05, 0) is 63.1 Å². The van der Waals surface area contributed by atoms with Gasteiger partial charge < -0.3 is 15.2 Å². The van der Waals surface area contributed by atoms with Crippen LogP contribution in [0.2, 0.25) is 0 Å². The third kappa shape index (κ3) is 5.91. The first-order chi connectivity index (χ1) is 15.5. The topological polar surface area (TPSA) is 95.9 Å².